The molecular weight excluding hydrogens is 334 g/mol. The monoisotopic (exact) mass is 355 g/mol. The van der Waals surface area contributed by atoms with Crippen molar-refractivity contribution in [3.05, 3.63) is 47.0 Å². The zero-order valence-corrected chi connectivity index (χ0v) is 14.9. The van der Waals surface area contributed by atoms with Gasteiger partial charge in [-0.15, -0.1) is 0 Å². The lowest BCUT2D eigenvalue weighted by Crippen LogP contribution is -2.42. The summed E-state index contributed by atoms with van der Waals surface area (Å²) in [5.41, 5.74) is 2.22. The Labute approximate surface area is 151 Å². The maximum Gasteiger partial charge on any atom is 0.257 e. The summed E-state index contributed by atoms with van der Waals surface area (Å²) in [6.45, 7) is 6.17. The molecule has 0 saturated carbocycles. The van der Waals surface area contributed by atoms with Crippen molar-refractivity contribution in [2.75, 3.05) is 32.9 Å². The lowest BCUT2D eigenvalue weighted by molar-refractivity contribution is -0.0250. The summed E-state index contributed by atoms with van der Waals surface area (Å²) < 4.78 is 17.1. The van der Waals surface area contributed by atoms with Crippen molar-refractivity contribution in [1.29, 1.82) is 0 Å². The Balaban J connectivity index is 1.57. The van der Waals surface area contributed by atoms with Gasteiger partial charge in [0.1, 0.15) is 25.1 Å². The second-order valence-electron chi connectivity index (χ2n) is 6.42. The highest BCUT2D eigenvalue weighted by Gasteiger charge is 2.30. The molecule has 7 nitrogen and oxygen atoms in total. The van der Waals surface area contributed by atoms with Gasteiger partial charge in [-0.1, -0.05) is 6.07 Å². The smallest absolute Gasteiger partial charge is 0.257 e. The molecule has 1 amide bonds. The Morgan fingerprint density at radius 3 is 2.85 bits per heavy atom. The van der Waals surface area contributed by atoms with Gasteiger partial charge in [-0.2, -0.15) is 0 Å². The summed E-state index contributed by atoms with van der Waals surface area (Å²) in [4.78, 5) is 23.6. The largest absolute Gasteiger partial charge is 0.486 e. The van der Waals surface area contributed by atoms with Crippen LogP contribution in [-0.2, 0) is 4.74 Å². The van der Waals surface area contributed by atoms with E-state index in [0.717, 1.165) is 11.4 Å². The third kappa shape index (κ3) is 3.22. The summed E-state index contributed by atoms with van der Waals surface area (Å²) in [6.07, 6.45) is -0.259. The summed E-state index contributed by atoms with van der Waals surface area (Å²) in [5, 5.41) is 0. The van der Waals surface area contributed by atoms with E-state index in [4.69, 9.17) is 14.2 Å². The number of aromatic nitrogens is 2. The van der Waals surface area contributed by atoms with Crippen LogP contribution in [0.3, 0.4) is 0 Å². The van der Waals surface area contributed by atoms with Crippen LogP contribution in [0.25, 0.3) is 0 Å². The molecule has 2 aliphatic rings. The number of aryl methyl sites for hydroxylation is 2. The molecular formula is C19H21N3O4. The fourth-order valence-corrected chi connectivity index (χ4v) is 3.34. The molecule has 0 bridgehead atoms. The molecule has 1 aromatic heterocycles. The van der Waals surface area contributed by atoms with E-state index in [2.05, 4.69) is 9.97 Å². The third-order valence-corrected chi connectivity index (χ3v) is 4.47. The van der Waals surface area contributed by atoms with E-state index in [1.165, 1.54) is 0 Å². The molecule has 0 spiro atoms. The van der Waals surface area contributed by atoms with Gasteiger partial charge < -0.3 is 19.1 Å². The standard InChI is InChI=1S/C19H21N3O4/c1-12-10-15(21-13(2)20-12)17-11-22(6-7-24-17)19(23)14-4-3-5-16-18(14)26-9-8-25-16/h3-5,10,17H,6-9,11H2,1-2H3/t17-/m0/s1. The Morgan fingerprint density at radius 2 is 2.00 bits per heavy atom. The topological polar surface area (TPSA) is 73.8 Å². The lowest BCUT2D eigenvalue weighted by atomic mass is 10.1. The summed E-state index contributed by atoms with van der Waals surface area (Å²) in [6, 6.07) is 7.32. The van der Waals surface area contributed by atoms with Crippen LogP contribution in [0.4, 0.5) is 0 Å². The Hall–Kier alpha value is -2.67. The molecule has 7 heteroatoms. The van der Waals surface area contributed by atoms with E-state index < -0.39 is 0 Å². The first-order chi connectivity index (χ1) is 12.6. The number of para-hydroxylation sites is 1. The van der Waals surface area contributed by atoms with Crippen LogP contribution in [0.5, 0.6) is 11.5 Å². The van der Waals surface area contributed by atoms with Gasteiger partial charge in [0.2, 0.25) is 0 Å². The fraction of sp³-hybridized carbons (Fsp3) is 0.421. The molecule has 4 rings (SSSR count). The predicted octanol–water partition coefficient (Wildman–Crippen LogP) is 2.08. The maximum atomic E-state index is 13.1. The van der Waals surface area contributed by atoms with E-state index in [-0.39, 0.29) is 12.0 Å². The average molecular weight is 355 g/mol. The number of carbonyl (C=O) groups excluding carboxylic acids is 1. The Morgan fingerprint density at radius 1 is 1.15 bits per heavy atom. The normalized spacial score (nSPS) is 19.3. The molecule has 136 valence electrons. The van der Waals surface area contributed by atoms with E-state index in [9.17, 15) is 4.79 Å². The second kappa shape index (κ2) is 6.92. The summed E-state index contributed by atoms with van der Waals surface area (Å²) in [7, 11) is 0. The van der Waals surface area contributed by atoms with Gasteiger partial charge in [0.05, 0.1) is 24.4 Å². The SMILES string of the molecule is Cc1cc([C@@H]2CN(C(=O)c3cccc4c3OCCO4)CCO2)nc(C)n1. The number of carbonyl (C=O) groups is 1. The van der Waals surface area contributed by atoms with Crippen molar-refractivity contribution >= 4 is 5.91 Å². The molecule has 2 aromatic rings. The number of morpholine rings is 1. The first-order valence-electron chi connectivity index (χ1n) is 8.73. The Bertz CT molecular complexity index is 819. The maximum absolute atomic E-state index is 13.1. The van der Waals surface area contributed by atoms with E-state index in [0.29, 0.717) is 55.8 Å². The van der Waals surface area contributed by atoms with Crippen LogP contribution in [0.1, 0.15) is 33.7 Å². The lowest BCUT2D eigenvalue weighted by Gasteiger charge is -2.33. The minimum Gasteiger partial charge on any atom is -0.486 e. The molecule has 0 unspecified atom stereocenters. The number of ether oxygens (including phenoxy) is 3. The van der Waals surface area contributed by atoms with Gasteiger partial charge in [0.15, 0.2) is 11.5 Å². The second-order valence-corrected chi connectivity index (χ2v) is 6.42. The number of amides is 1. The molecule has 1 saturated heterocycles. The van der Waals surface area contributed by atoms with Crippen molar-refractivity contribution in [1.82, 2.24) is 14.9 Å². The predicted molar refractivity (Wildman–Crippen MR) is 93.5 cm³/mol. The molecule has 2 aliphatic heterocycles. The number of benzene rings is 1. The zero-order chi connectivity index (χ0) is 18.1. The quantitative estimate of drug-likeness (QED) is 0.821. The molecule has 0 radical (unpaired) electrons. The van der Waals surface area contributed by atoms with Gasteiger partial charge >= 0.3 is 0 Å². The summed E-state index contributed by atoms with van der Waals surface area (Å²) in [5.74, 6) is 1.77. The molecule has 3 heterocycles. The average Bonchev–Trinajstić information content (AvgIpc) is 2.66. The fourth-order valence-electron chi connectivity index (χ4n) is 3.34. The van der Waals surface area contributed by atoms with Crippen molar-refractivity contribution < 1.29 is 19.0 Å². The number of hydrogen-bond acceptors (Lipinski definition) is 6. The number of fused-ring (bicyclic) bond motifs is 1. The summed E-state index contributed by atoms with van der Waals surface area (Å²) >= 11 is 0. The zero-order valence-electron chi connectivity index (χ0n) is 14.9. The molecule has 0 aliphatic carbocycles. The molecule has 0 N–H and O–H groups in total. The minimum absolute atomic E-state index is 0.0804. The van der Waals surface area contributed by atoms with Crippen molar-refractivity contribution in [3.8, 4) is 11.5 Å². The number of hydrogen-bond donors (Lipinski definition) is 0. The van der Waals surface area contributed by atoms with Gasteiger partial charge in [-0.3, -0.25) is 4.79 Å². The van der Waals surface area contributed by atoms with Gasteiger partial charge in [-0.25, -0.2) is 9.97 Å². The number of rotatable bonds is 2. The van der Waals surface area contributed by atoms with Crippen LogP contribution in [0, 0.1) is 13.8 Å². The molecule has 26 heavy (non-hydrogen) atoms. The van der Waals surface area contributed by atoms with E-state index in [1.54, 1.807) is 11.0 Å². The third-order valence-electron chi connectivity index (χ3n) is 4.47. The minimum atomic E-state index is -0.259. The van der Waals surface area contributed by atoms with Crippen molar-refractivity contribution in [2.45, 2.75) is 20.0 Å². The van der Waals surface area contributed by atoms with Crippen molar-refractivity contribution in [3.63, 3.8) is 0 Å². The van der Waals surface area contributed by atoms with Gasteiger partial charge in [-0.05, 0) is 32.0 Å². The first-order valence-corrected chi connectivity index (χ1v) is 8.73. The Kier molecular flexibility index (Phi) is 4.46. The van der Waals surface area contributed by atoms with Crippen LogP contribution in [-0.4, -0.2) is 53.7 Å². The van der Waals surface area contributed by atoms with Gasteiger partial charge in [0.25, 0.3) is 5.91 Å². The van der Waals surface area contributed by atoms with Crippen LogP contribution in [0.15, 0.2) is 24.3 Å². The highest BCUT2D eigenvalue weighted by atomic mass is 16.6. The van der Waals surface area contributed by atoms with E-state index >= 15 is 0 Å². The molecule has 1 aromatic carbocycles. The van der Waals surface area contributed by atoms with Crippen LogP contribution >= 0.6 is 0 Å². The van der Waals surface area contributed by atoms with Crippen LogP contribution < -0.4 is 9.47 Å². The number of nitrogens with zero attached hydrogens (tertiary/aromatic N) is 3. The highest BCUT2D eigenvalue weighted by Crippen LogP contribution is 2.35. The molecule has 1 fully saturated rings. The molecule has 1 atom stereocenters. The van der Waals surface area contributed by atoms with Gasteiger partial charge in [0, 0.05) is 12.2 Å². The van der Waals surface area contributed by atoms with E-state index in [1.807, 2.05) is 32.0 Å². The van der Waals surface area contributed by atoms with Crippen LogP contribution in [0.2, 0.25) is 0 Å². The highest BCUT2D eigenvalue weighted by molar-refractivity contribution is 5.98. The first kappa shape index (κ1) is 16.8. The van der Waals surface area contributed by atoms with Crippen molar-refractivity contribution in [2.24, 2.45) is 0 Å².